The summed E-state index contributed by atoms with van der Waals surface area (Å²) in [6.45, 7) is 4.47. The van der Waals surface area contributed by atoms with Crippen LogP contribution in [-0.4, -0.2) is 16.4 Å². The first-order chi connectivity index (χ1) is 14.8. The Morgan fingerprint density at radius 2 is 1.19 bits per heavy atom. The lowest BCUT2D eigenvalue weighted by Crippen LogP contribution is -2.25. The van der Waals surface area contributed by atoms with E-state index in [2.05, 4.69) is 24.0 Å². The molecule has 6 heteroatoms. The van der Waals surface area contributed by atoms with E-state index in [1.165, 1.54) is 44.9 Å². The van der Waals surface area contributed by atoms with Gasteiger partial charge in [-0.25, -0.2) is 5.10 Å². The van der Waals surface area contributed by atoms with Crippen molar-refractivity contribution in [1.29, 1.82) is 0 Å². The van der Waals surface area contributed by atoms with Crippen molar-refractivity contribution in [1.82, 2.24) is 10.2 Å². The summed E-state index contributed by atoms with van der Waals surface area (Å²) < 4.78 is 36.6. The fourth-order valence-corrected chi connectivity index (χ4v) is 4.26. The van der Waals surface area contributed by atoms with Gasteiger partial charge in [0.1, 0.15) is 0 Å². The molecular formula is C25H43F3N2O. The Balaban J connectivity index is 2.37. The summed E-state index contributed by atoms with van der Waals surface area (Å²) >= 11 is 0. The number of hydrogen-bond acceptors (Lipinski definition) is 2. The molecule has 1 heterocycles. The molecule has 0 aliphatic heterocycles. The largest absolute Gasteiger partial charge is 0.389 e. The molecule has 1 N–H and O–H groups in total. The van der Waals surface area contributed by atoms with Crippen LogP contribution < -0.4 is 5.56 Å². The molecule has 0 fully saturated rings. The van der Waals surface area contributed by atoms with Gasteiger partial charge in [-0.3, -0.25) is 4.79 Å². The summed E-state index contributed by atoms with van der Waals surface area (Å²) in [6, 6.07) is 3.40. The van der Waals surface area contributed by atoms with Gasteiger partial charge in [-0.1, -0.05) is 97.3 Å². The summed E-state index contributed by atoms with van der Waals surface area (Å²) in [5.41, 5.74) is 0.695. The lowest BCUT2D eigenvalue weighted by Gasteiger charge is -2.29. The van der Waals surface area contributed by atoms with Crippen LogP contribution in [0.15, 0.2) is 16.9 Å². The maximum Gasteiger partial charge on any atom is 0.389 e. The Kier molecular flexibility index (Phi) is 13.8. The van der Waals surface area contributed by atoms with Gasteiger partial charge in [-0.05, 0) is 25.3 Å². The van der Waals surface area contributed by atoms with Crippen molar-refractivity contribution in [2.24, 2.45) is 0 Å². The van der Waals surface area contributed by atoms with E-state index >= 15 is 0 Å². The highest BCUT2D eigenvalue weighted by molar-refractivity contribution is 5.13. The lowest BCUT2D eigenvalue weighted by atomic mass is 9.77. The second-order valence-electron chi connectivity index (χ2n) is 9.33. The third-order valence-corrected chi connectivity index (χ3v) is 6.32. The molecule has 0 aromatic carbocycles. The number of unbranched alkanes of at least 4 members (excludes halogenated alkanes) is 12. The van der Waals surface area contributed by atoms with Gasteiger partial charge in [0.25, 0.3) is 5.56 Å². The molecule has 1 unspecified atom stereocenters. The molecule has 0 saturated carbocycles. The average molecular weight is 445 g/mol. The Bertz CT molecular complexity index is 609. The average Bonchev–Trinajstić information content (AvgIpc) is 2.71. The molecule has 1 aromatic rings. The van der Waals surface area contributed by atoms with Crippen LogP contribution in [-0.2, 0) is 5.41 Å². The second-order valence-corrected chi connectivity index (χ2v) is 9.33. The van der Waals surface area contributed by atoms with Crippen LogP contribution in [0.25, 0.3) is 0 Å². The summed E-state index contributed by atoms with van der Waals surface area (Å²) in [7, 11) is 0. The zero-order valence-corrected chi connectivity index (χ0v) is 19.7. The van der Waals surface area contributed by atoms with E-state index in [0.717, 1.165) is 50.6 Å². The standard InChI is InChI=1S/C25H43F3N2O/c1-3-4-5-6-7-8-11-14-19-24(2,22-17-18-23(31)30-29-22)20-15-12-9-10-13-16-21-25(26,27)28/h17-18H,3-16,19-21H2,1-2H3,(H,30,31). The number of nitrogens with one attached hydrogen (secondary N) is 1. The highest BCUT2D eigenvalue weighted by Gasteiger charge is 2.28. The molecule has 0 amide bonds. The third kappa shape index (κ3) is 13.6. The first-order valence-electron chi connectivity index (χ1n) is 12.4. The molecule has 0 saturated heterocycles. The fraction of sp³-hybridized carbons (Fsp3) is 0.840. The summed E-state index contributed by atoms with van der Waals surface area (Å²) in [6.07, 6.45) is 12.4. The van der Waals surface area contributed by atoms with Crippen LogP contribution in [0.2, 0.25) is 0 Å². The predicted octanol–water partition coefficient (Wildman–Crippen LogP) is 8.24. The van der Waals surface area contributed by atoms with Gasteiger partial charge in [-0.2, -0.15) is 18.3 Å². The number of nitrogens with zero attached hydrogens (tertiary/aromatic N) is 1. The van der Waals surface area contributed by atoms with Gasteiger partial charge in [0, 0.05) is 17.9 Å². The van der Waals surface area contributed by atoms with Crippen molar-refractivity contribution in [3.8, 4) is 0 Å². The first-order valence-corrected chi connectivity index (χ1v) is 12.4. The predicted molar refractivity (Wildman–Crippen MR) is 122 cm³/mol. The van der Waals surface area contributed by atoms with E-state index in [1.54, 1.807) is 6.07 Å². The van der Waals surface area contributed by atoms with E-state index in [1.807, 2.05) is 6.07 Å². The first kappa shape index (κ1) is 27.7. The third-order valence-electron chi connectivity index (χ3n) is 6.32. The molecule has 0 bridgehead atoms. The molecule has 31 heavy (non-hydrogen) atoms. The molecule has 1 aromatic heterocycles. The van der Waals surface area contributed by atoms with Crippen LogP contribution >= 0.6 is 0 Å². The molecular weight excluding hydrogens is 401 g/mol. The Morgan fingerprint density at radius 1 is 0.742 bits per heavy atom. The van der Waals surface area contributed by atoms with E-state index in [9.17, 15) is 18.0 Å². The molecule has 0 radical (unpaired) electrons. The minimum atomic E-state index is -4.03. The normalized spacial score (nSPS) is 14.0. The van der Waals surface area contributed by atoms with Crippen LogP contribution in [0.4, 0.5) is 13.2 Å². The minimum Gasteiger partial charge on any atom is -0.268 e. The van der Waals surface area contributed by atoms with E-state index in [4.69, 9.17) is 0 Å². The topological polar surface area (TPSA) is 45.8 Å². The maximum atomic E-state index is 12.2. The molecule has 0 aliphatic carbocycles. The number of H-pyrrole nitrogens is 1. The van der Waals surface area contributed by atoms with Crippen molar-refractivity contribution in [2.75, 3.05) is 0 Å². The van der Waals surface area contributed by atoms with Gasteiger partial charge in [-0.15, -0.1) is 0 Å². The van der Waals surface area contributed by atoms with Crippen molar-refractivity contribution in [3.05, 3.63) is 28.2 Å². The van der Waals surface area contributed by atoms with Crippen molar-refractivity contribution < 1.29 is 13.2 Å². The lowest BCUT2D eigenvalue weighted by molar-refractivity contribution is -0.135. The van der Waals surface area contributed by atoms with Gasteiger partial charge >= 0.3 is 6.18 Å². The Hall–Kier alpha value is -1.33. The highest BCUT2D eigenvalue weighted by Crippen LogP contribution is 2.34. The molecule has 0 aliphatic rings. The van der Waals surface area contributed by atoms with Crippen LogP contribution in [0, 0.1) is 0 Å². The maximum absolute atomic E-state index is 12.2. The zero-order valence-electron chi connectivity index (χ0n) is 19.7. The molecule has 3 nitrogen and oxygen atoms in total. The fourth-order valence-electron chi connectivity index (χ4n) is 4.26. The number of rotatable bonds is 18. The van der Waals surface area contributed by atoms with Crippen molar-refractivity contribution >= 4 is 0 Å². The number of alkyl halides is 3. The number of hydrogen-bond donors (Lipinski definition) is 1. The number of halogens is 3. The van der Waals surface area contributed by atoms with Crippen molar-refractivity contribution in [2.45, 2.75) is 135 Å². The van der Waals surface area contributed by atoms with Crippen LogP contribution in [0.3, 0.4) is 0 Å². The number of aromatic amines is 1. The molecule has 1 atom stereocenters. The zero-order chi connectivity index (χ0) is 23.0. The van der Waals surface area contributed by atoms with Gasteiger partial charge in [0.05, 0.1) is 5.69 Å². The molecule has 0 spiro atoms. The monoisotopic (exact) mass is 444 g/mol. The highest BCUT2D eigenvalue weighted by atomic mass is 19.4. The quantitative estimate of drug-likeness (QED) is 0.232. The van der Waals surface area contributed by atoms with E-state index in [0.29, 0.717) is 6.42 Å². The van der Waals surface area contributed by atoms with Crippen molar-refractivity contribution in [3.63, 3.8) is 0 Å². The van der Waals surface area contributed by atoms with E-state index in [-0.39, 0.29) is 17.4 Å². The minimum absolute atomic E-state index is 0.0668. The SMILES string of the molecule is CCCCCCCCCCC(C)(CCCCCCCCC(F)(F)F)c1ccc(=O)[nH]n1. The van der Waals surface area contributed by atoms with Gasteiger partial charge in [0.15, 0.2) is 0 Å². The van der Waals surface area contributed by atoms with Crippen LogP contribution in [0.1, 0.15) is 129 Å². The van der Waals surface area contributed by atoms with Gasteiger partial charge < -0.3 is 0 Å². The van der Waals surface area contributed by atoms with E-state index < -0.39 is 12.6 Å². The molecule has 180 valence electrons. The Morgan fingerprint density at radius 3 is 1.61 bits per heavy atom. The summed E-state index contributed by atoms with van der Waals surface area (Å²) in [4.78, 5) is 11.4. The Labute approximate surface area is 186 Å². The van der Waals surface area contributed by atoms with Crippen LogP contribution in [0.5, 0.6) is 0 Å². The smallest absolute Gasteiger partial charge is 0.268 e. The molecule has 1 rings (SSSR count). The summed E-state index contributed by atoms with van der Waals surface area (Å²) in [5.74, 6) is 0. The second kappa shape index (κ2) is 15.5. The summed E-state index contributed by atoms with van der Waals surface area (Å²) in [5, 5.41) is 6.89. The number of aromatic nitrogens is 2. The van der Waals surface area contributed by atoms with Gasteiger partial charge in [0.2, 0.25) is 0 Å².